The Morgan fingerprint density at radius 1 is 0.439 bits per heavy atom. The van der Waals surface area contributed by atoms with Gasteiger partial charge < -0.3 is 71.6 Å². The van der Waals surface area contributed by atoms with Crippen molar-refractivity contribution in [2.75, 3.05) is 68.6 Å². The molecule has 0 atom stereocenters. The molecule has 358 valence electrons. The minimum absolute atomic E-state index is 0.112. The molecule has 2 aliphatic rings. The largest absolute Gasteiger partial charge is 0.507 e. The summed E-state index contributed by atoms with van der Waals surface area (Å²) in [6.45, 7) is 1.75. The van der Waals surface area contributed by atoms with Gasteiger partial charge in [-0.3, -0.25) is 28.8 Å². The fourth-order valence-corrected chi connectivity index (χ4v) is 7.93. The number of hydrogen-bond donors (Lipinski definition) is 10. The van der Waals surface area contributed by atoms with E-state index >= 15 is 0 Å². The van der Waals surface area contributed by atoms with Gasteiger partial charge >= 0.3 is 0 Å². The molecule has 3 aromatic rings. The summed E-state index contributed by atoms with van der Waals surface area (Å²) < 4.78 is 11.0. The van der Waals surface area contributed by atoms with E-state index in [-0.39, 0.29) is 69.0 Å². The number of likely N-dealkylation sites (N-methyl/N-ethyl adjacent to an activating group) is 2. The van der Waals surface area contributed by atoms with Crippen LogP contribution in [0.25, 0.3) is 0 Å². The summed E-state index contributed by atoms with van der Waals surface area (Å²) >= 11 is 0. The molecule has 0 unspecified atom stereocenters. The highest BCUT2D eigenvalue weighted by atomic mass is 16.5. The van der Waals surface area contributed by atoms with Crippen molar-refractivity contribution in [1.29, 1.82) is 0 Å². The van der Waals surface area contributed by atoms with Crippen molar-refractivity contribution >= 4 is 35.4 Å². The van der Waals surface area contributed by atoms with Crippen molar-refractivity contribution in [2.45, 2.75) is 75.5 Å². The summed E-state index contributed by atoms with van der Waals surface area (Å²) in [5.41, 5.74) is -0.385. The van der Waals surface area contributed by atoms with Gasteiger partial charge in [-0.2, -0.15) is 0 Å². The minimum atomic E-state index is -0.615. The summed E-state index contributed by atoms with van der Waals surface area (Å²) in [4.78, 5) is 83.0. The smallest absolute Gasteiger partial charge is 0.255 e. The number of nitrogens with one attached hydrogen (secondary N) is 6. The number of aromatic hydroxyl groups is 4. The SMILES string of the molecule is COc1cc(OC)c(C(=O)NC2CCC(NC(=O)c3cc(C(=O)NCCN(C)C)c(O)cc3O)CC2)cc1C(=O)NC1CCC(NC(=O)c2cc(C(=O)NCCN(C)C)c(O)cc2O)CC1. The molecule has 10 N–H and O–H groups in total. The second-order valence-electron chi connectivity index (χ2n) is 17.1. The van der Waals surface area contributed by atoms with Gasteiger partial charge in [-0.25, -0.2) is 0 Å². The second-order valence-corrected chi connectivity index (χ2v) is 17.1. The molecule has 0 heterocycles. The quantitative estimate of drug-likeness (QED) is 0.0875. The fourth-order valence-electron chi connectivity index (χ4n) is 7.93. The molecule has 3 aromatic carbocycles. The van der Waals surface area contributed by atoms with Crippen molar-refractivity contribution in [1.82, 2.24) is 41.7 Å². The summed E-state index contributed by atoms with van der Waals surface area (Å²) in [6.07, 6.45) is 3.95. The van der Waals surface area contributed by atoms with E-state index < -0.39 is 58.4 Å². The van der Waals surface area contributed by atoms with Crippen molar-refractivity contribution in [2.24, 2.45) is 0 Å². The van der Waals surface area contributed by atoms with Gasteiger partial charge in [0.25, 0.3) is 35.4 Å². The van der Waals surface area contributed by atoms with E-state index in [1.807, 2.05) is 38.0 Å². The van der Waals surface area contributed by atoms with Gasteiger partial charge in [0.1, 0.15) is 34.5 Å². The Hall–Kier alpha value is -6.80. The van der Waals surface area contributed by atoms with Gasteiger partial charge in [0.2, 0.25) is 0 Å². The highest BCUT2D eigenvalue weighted by molar-refractivity contribution is 6.05. The number of carbonyl (C=O) groups excluding carboxylic acids is 6. The van der Waals surface area contributed by atoms with Crippen LogP contribution in [0.15, 0.2) is 36.4 Å². The Morgan fingerprint density at radius 2 is 0.697 bits per heavy atom. The molecular formula is C46H62N8O12. The standard InChI is InChI=1S/C46H62N8O12/c1-53(2)17-15-47-41(59)29-19-31(37(57)22-35(29)55)43(61)49-25-7-11-27(12-8-25)51-45(63)33-21-34(40(66-6)24-39(33)65-5)46(64)52-28-13-9-26(10-14-28)50-44(62)32-20-30(36(56)23-38(32)58)42(60)48-16-18-54(3)4/h19-28,55-58H,7-18H2,1-6H3,(H,47,59)(H,48,60)(H,49,61)(H,50,62)(H,51,63)(H,52,64). The Balaban J connectivity index is 1.14. The molecular weight excluding hydrogens is 857 g/mol. The van der Waals surface area contributed by atoms with Crippen LogP contribution < -0.4 is 41.4 Å². The molecule has 0 aromatic heterocycles. The lowest BCUT2D eigenvalue weighted by Crippen LogP contribution is -2.44. The molecule has 6 amide bonds. The molecule has 2 saturated carbocycles. The Morgan fingerprint density at radius 3 is 0.970 bits per heavy atom. The third kappa shape index (κ3) is 13.2. The van der Waals surface area contributed by atoms with Crippen LogP contribution >= 0.6 is 0 Å². The first kappa shape index (κ1) is 50.2. The first-order chi connectivity index (χ1) is 31.4. The van der Waals surface area contributed by atoms with Gasteiger partial charge in [0.05, 0.1) is 47.6 Å². The number of phenols is 4. The average Bonchev–Trinajstić information content (AvgIpc) is 3.26. The van der Waals surface area contributed by atoms with Crippen LogP contribution in [0.2, 0.25) is 0 Å². The maximum absolute atomic E-state index is 13.7. The van der Waals surface area contributed by atoms with E-state index in [0.717, 1.165) is 24.3 Å². The average molecular weight is 919 g/mol. The lowest BCUT2D eigenvalue weighted by molar-refractivity contribution is 0.0883. The van der Waals surface area contributed by atoms with E-state index in [4.69, 9.17) is 9.47 Å². The summed E-state index contributed by atoms with van der Waals surface area (Å²) in [6, 6.07) is 5.98. The molecule has 5 rings (SSSR count). The molecule has 2 fully saturated rings. The molecule has 20 heteroatoms. The fraction of sp³-hybridized carbons (Fsp3) is 0.478. The van der Waals surface area contributed by atoms with E-state index in [0.29, 0.717) is 77.5 Å². The number of ether oxygens (including phenoxy) is 2. The third-order valence-electron chi connectivity index (χ3n) is 11.7. The Labute approximate surface area is 383 Å². The van der Waals surface area contributed by atoms with Crippen LogP contribution in [0.3, 0.4) is 0 Å². The molecule has 0 bridgehead atoms. The van der Waals surface area contributed by atoms with E-state index in [1.54, 1.807) is 0 Å². The Kier molecular flexibility index (Phi) is 17.4. The summed E-state index contributed by atoms with van der Waals surface area (Å²) in [7, 11) is 10.2. The first-order valence-corrected chi connectivity index (χ1v) is 21.9. The van der Waals surface area contributed by atoms with E-state index in [2.05, 4.69) is 31.9 Å². The van der Waals surface area contributed by atoms with Gasteiger partial charge in [-0.1, -0.05) is 0 Å². The zero-order chi connectivity index (χ0) is 48.2. The lowest BCUT2D eigenvalue weighted by Gasteiger charge is -2.30. The van der Waals surface area contributed by atoms with Crippen molar-refractivity contribution in [3.63, 3.8) is 0 Å². The first-order valence-electron chi connectivity index (χ1n) is 21.9. The topological polar surface area (TPSA) is 280 Å². The van der Waals surface area contributed by atoms with Crippen LogP contribution in [0, 0.1) is 0 Å². The van der Waals surface area contributed by atoms with Crippen LogP contribution in [0.4, 0.5) is 0 Å². The number of methoxy groups -OCH3 is 2. The molecule has 0 aliphatic heterocycles. The second kappa shape index (κ2) is 22.9. The normalized spacial score (nSPS) is 18.2. The maximum atomic E-state index is 13.7. The molecule has 2 aliphatic carbocycles. The minimum Gasteiger partial charge on any atom is -0.507 e. The van der Waals surface area contributed by atoms with Crippen LogP contribution in [0.1, 0.15) is 114 Å². The van der Waals surface area contributed by atoms with Crippen LogP contribution in [-0.2, 0) is 0 Å². The van der Waals surface area contributed by atoms with Crippen LogP contribution in [0.5, 0.6) is 34.5 Å². The number of phenolic OH excluding ortho intramolecular Hbond substituents is 4. The lowest BCUT2D eigenvalue weighted by atomic mass is 9.90. The molecule has 20 nitrogen and oxygen atoms in total. The van der Waals surface area contributed by atoms with Crippen molar-refractivity contribution < 1.29 is 58.7 Å². The number of benzene rings is 3. The van der Waals surface area contributed by atoms with Crippen molar-refractivity contribution in [3.8, 4) is 34.5 Å². The van der Waals surface area contributed by atoms with Crippen LogP contribution in [-0.4, -0.2) is 158 Å². The highest BCUT2D eigenvalue weighted by Crippen LogP contribution is 2.33. The number of amides is 6. The number of hydrogen-bond acceptors (Lipinski definition) is 14. The third-order valence-corrected chi connectivity index (χ3v) is 11.7. The van der Waals surface area contributed by atoms with Gasteiger partial charge in [-0.15, -0.1) is 0 Å². The molecule has 0 saturated heterocycles. The summed E-state index contributed by atoms with van der Waals surface area (Å²) in [5, 5.41) is 58.6. The van der Waals surface area contributed by atoms with E-state index in [9.17, 15) is 49.2 Å². The van der Waals surface area contributed by atoms with E-state index in [1.165, 1.54) is 26.4 Å². The van der Waals surface area contributed by atoms with Crippen molar-refractivity contribution in [3.05, 3.63) is 69.8 Å². The zero-order valence-electron chi connectivity index (χ0n) is 38.2. The highest BCUT2D eigenvalue weighted by Gasteiger charge is 2.30. The number of nitrogens with zero attached hydrogens (tertiary/aromatic N) is 2. The Bertz CT molecular complexity index is 2120. The molecule has 0 radical (unpaired) electrons. The maximum Gasteiger partial charge on any atom is 0.255 e. The number of rotatable bonds is 18. The number of carbonyl (C=O) groups is 6. The molecule has 0 spiro atoms. The molecule has 66 heavy (non-hydrogen) atoms. The summed E-state index contributed by atoms with van der Waals surface area (Å²) in [5.74, 6) is -4.85. The van der Waals surface area contributed by atoms with Gasteiger partial charge in [-0.05, 0) is 97.8 Å². The monoisotopic (exact) mass is 918 g/mol. The van der Waals surface area contributed by atoms with Gasteiger partial charge in [0.15, 0.2) is 0 Å². The predicted octanol–water partition coefficient (Wildman–Crippen LogP) is 2.05. The zero-order valence-corrected chi connectivity index (χ0v) is 38.2. The predicted molar refractivity (Wildman–Crippen MR) is 243 cm³/mol. The van der Waals surface area contributed by atoms with Gasteiger partial charge in [0, 0.05) is 68.5 Å².